The highest BCUT2D eigenvalue weighted by molar-refractivity contribution is 9.12. The standard InChI is InChI=1S/C26H23Br2N3O6S/c1-11-8-12(2)23(31-26(34)16(28)10-27)13(3)22(11)30-17-9-18(38(35,36)37)21(29)20-19(17)24(32)14-6-4-5-7-15(14)25(20)33/h4-9,16,30H,10,29H2,1-3H3,(H,31,34)(H,35,36,37). The summed E-state index contributed by atoms with van der Waals surface area (Å²) in [5.41, 5.74) is 8.47. The van der Waals surface area contributed by atoms with Crippen LogP contribution in [-0.2, 0) is 14.9 Å². The molecule has 0 fully saturated rings. The molecule has 0 spiro atoms. The van der Waals surface area contributed by atoms with Crippen LogP contribution >= 0.6 is 31.9 Å². The van der Waals surface area contributed by atoms with E-state index in [1.807, 2.05) is 13.0 Å². The van der Waals surface area contributed by atoms with Crippen molar-refractivity contribution in [2.24, 2.45) is 0 Å². The molecule has 0 aromatic heterocycles. The third-order valence-corrected chi connectivity index (χ3v) is 9.53. The molecule has 3 aromatic rings. The van der Waals surface area contributed by atoms with Crippen LogP contribution in [0.4, 0.5) is 22.7 Å². The van der Waals surface area contributed by atoms with Crippen LogP contribution in [0, 0.1) is 20.8 Å². The molecule has 0 saturated carbocycles. The quantitative estimate of drug-likeness (QED) is 0.127. The van der Waals surface area contributed by atoms with Crippen LogP contribution in [0.15, 0.2) is 41.3 Å². The lowest BCUT2D eigenvalue weighted by Crippen LogP contribution is -2.26. The lowest BCUT2D eigenvalue weighted by molar-refractivity contribution is -0.115. The summed E-state index contributed by atoms with van der Waals surface area (Å²) in [5, 5.41) is 6.37. The molecular formula is C26H23Br2N3O6S. The van der Waals surface area contributed by atoms with Crippen LogP contribution in [0.2, 0.25) is 0 Å². The van der Waals surface area contributed by atoms with Crippen molar-refractivity contribution < 1.29 is 27.4 Å². The first-order chi connectivity index (χ1) is 17.8. The van der Waals surface area contributed by atoms with E-state index in [0.29, 0.717) is 22.3 Å². The monoisotopic (exact) mass is 663 g/mol. The molecule has 1 aliphatic carbocycles. The number of anilines is 4. The average Bonchev–Trinajstić information content (AvgIpc) is 2.86. The Morgan fingerprint density at radius 1 is 1.00 bits per heavy atom. The molecular weight excluding hydrogens is 642 g/mol. The van der Waals surface area contributed by atoms with E-state index in [1.54, 1.807) is 26.0 Å². The number of carbonyl (C=O) groups is 3. The van der Waals surface area contributed by atoms with Crippen molar-refractivity contribution >= 4 is 82.2 Å². The molecule has 1 atom stereocenters. The zero-order valence-corrected chi connectivity index (χ0v) is 24.5. The first-order valence-corrected chi connectivity index (χ1v) is 14.8. The number of nitrogens with one attached hydrogen (secondary N) is 2. The largest absolute Gasteiger partial charge is 0.397 e. The van der Waals surface area contributed by atoms with Crippen LogP contribution < -0.4 is 16.4 Å². The molecule has 0 saturated heterocycles. The number of rotatable bonds is 6. The summed E-state index contributed by atoms with van der Waals surface area (Å²) in [5.74, 6) is -1.44. The van der Waals surface area contributed by atoms with Crippen molar-refractivity contribution in [3.63, 3.8) is 0 Å². The molecule has 0 radical (unpaired) electrons. The van der Waals surface area contributed by atoms with Crippen LogP contribution in [0.5, 0.6) is 0 Å². The fourth-order valence-corrected chi connectivity index (χ4v) is 5.64. The molecule has 3 aromatic carbocycles. The molecule has 1 aliphatic rings. The van der Waals surface area contributed by atoms with Crippen LogP contribution in [0.1, 0.15) is 48.5 Å². The minimum atomic E-state index is -4.86. The highest BCUT2D eigenvalue weighted by Gasteiger charge is 2.36. The van der Waals surface area contributed by atoms with Gasteiger partial charge in [-0.25, -0.2) is 0 Å². The zero-order chi connectivity index (χ0) is 28.1. The van der Waals surface area contributed by atoms with Crippen molar-refractivity contribution in [3.05, 3.63) is 75.3 Å². The number of halogens is 2. The number of aryl methyl sites for hydroxylation is 2. The summed E-state index contributed by atoms with van der Waals surface area (Å²) in [6.07, 6.45) is 0. The van der Waals surface area contributed by atoms with Gasteiger partial charge in [0.25, 0.3) is 10.1 Å². The number of amides is 1. The van der Waals surface area contributed by atoms with Gasteiger partial charge in [0, 0.05) is 27.8 Å². The smallest absolute Gasteiger partial charge is 0.296 e. The second-order valence-corrected chi connectivity index (χ2v) is 12.0. The number of nitrogens with two attached hydrogens (primary N) is 1. The van der Waals surface area contributed by atoms with Gasteiger partial charge in [0.15, 0.2) is 11.6 Å². The molecule has 1 amide bonds. The van der Waals surface area contributed by atoms with Crippen molar-refractivity contribution in [2.75, 3.05) is 21.7 Å². The topological polar surface area (TPSA) is 156 Å². The lowest BCUT2D eigenvalue weighted by atomic mass is 9.82. The number of carbonyl (C=O) groups excluding carboxylic acids is 3. The molecule has 0 bridgehead atoms. The SMILES string of the molecule is Cc1cc(C)c(Nc2cc(S(=O)(=O)O)c(N)c3c2C(=O)c2ccccc2C3=O)c(C)c1NC(=O)C(Br)CBr. The predicted octanol–water partition coefficient (Wildman–Crippen LogP) is 5.06. The van der Waals surface area contributed by atoms with Crippen LogP contribution in [-0.4, -0.2) is 40.6 Å². The molecule has 9 nitrogen and oxygen atoms in total. The Kier molecular flexibility index (Phi) is 7.54. The molecule has 0 aliphatic heterocycles. The second kappa shape index (κ2) is 10.3. The summed E-state index contributed by atoms with van der Waals surface area (Å²) in [4.78, 5) is 38.4. The van der Waals surface area contributed by atoms with E-state index in [0.717, 1.165) is 17.2 Å². The Balaban J connectivity index is 1.96. The summed E-state index contributed by atoms with van der Waals surface area (Å²) in [6, 6.07) is 9.02. The number of ketones is 2. The molecule has 12 heteroatoms. The maximum atomic E-state index is 13.6. The summed E-state index contributed by atoms with van der Waals surface area (Å²) >= 11 is 6.56. The van der Waals surface area contributed by atoms with E-state index in [2.05, 4.69) is 42.5 Å². The van der Waals surface area contributed by atoms with Gasteiger partial charge < -0.3 is 16.4 Å². The van der Waals surface area contributed by atoms with Gasteiger partial charge >= 0.3 is 0 Å². The number of nitrogen functional groups attached to an aromatic ring is 1. The average molecular weight is 665 g/mol. The Labute approximate surface area is 236 Å². The fraction of sp³-hybridized carbons (Fsp3) is 0.192. The van der Waals surface area contributed by atoms with E-state index in [4.69, 9.17) is 5.73 Å². The second-order valence-electron chi connectivity index (χ2n) is 8.89. The van der Waals surface area contributed by atoms with Crippen molar-refractivity contribution in [1.29, 1.82) is 0 Å². The Morgan fingerprint density at radius 3 is 2.11 bits per heavy atom. The first-order valence-electron chi connectivity index (χ1n) is 11.3. The number of benzene rings is 3. The molecule has 5 N–H and O–H groups in total. The third-order valence-electron chi connectivity index (χ3n) is 6.38. The normalized spacial score (nSPS) is 13.5. The number of hydrogen-bond acceptors (Lipinski definition) is 7. The van der Waals surface area contributed by atoms with Gasteiger partial charge in [-0.3, -0.25) is 18.9 Å². The fourth-order valence-electron chi connectivity index (χ4n) is 4.58. The number of alkyl halides is 2. The number of fused-ring (bicyclic) bond motifs is 2. The van der Waals surface area contributed by atoms with Gasteiger partial charge in [-0.05, 0) is 43.5 Å². The van der Waals surface area contributed by atoms with E-state index < -0.39 is 37.1 Å². The molecule has 38 heavy (non-hydrogen) atoms. The van der Waals surface area contributed by atoms with Gasteiger partial charge in [0.1, 0.15) is 9.72 Å². The molecule has 4 rings (SSSR count). The lowest BCUT2D eigenvalue weighted by Gasteiger charge is -2.25. The highest BCUT2D eigenvalue weighted by atomic mass is 79.9. The van der Waals surface area contributed by atoms with E-state index in [1.165, 1.54) is 12.1 Å². The molecule has 0 heterocycles. The van der Waals surface area contributed by atoms with Gasteiger partial charge in [-0.1, -0.05) is 62.2 Å². The number of hydrogen-bond donors (Lipinski definition) is 4. The van der Waals surface area contributed by atoms with Gasteiger partial charge in [0.2, 0.25) is 5.91 Å². The van der Waals surface area contributed by atoms with Crippen LogP contribution in [0.25, 0.3) is 0 Å². The maximum absolute atomic E-state index is 13.6. The Hall–Kier alpha value is -3.06. The Morgan fingerprint density at radius 2 is 1.55 bits per heavy atom. The van der Waals surface area contributed by atoms with E-state index in [9.17, 15) is 27.4 Å². The summed E-state index contributed by atoms with van der Waals surface area (Å²) < 4.78 is 34.3. The highest BCUT2D eigenvalue weighted by Crippen LogP contribution is 2.42. The third kappa shape index (κ3) is 4.77. The zero-order valence-electron chi connectivity index (χ0n) is 20.5. The minimum absolute atomic E-state index is 0.0270. The van der Waals surface area contributed by atoms with E-state index in [-0.39, 0.29) is 33.8 Å². The Bertz CT molecular complexity index is 1650. The summed E-state index contributed by atoms with van der Waals surface area (Å²) in [6.45, 7) is 5.39. The first kappa shape index (κ1) is 28.0. The summed E-state index contributed by atoms with van der Waals surface area (Å²) in [7, 11) is -4.86. The van der Waals surface area contributed by atoms with Gasteiger partial charge in [-0.15, -0.1) is 0 Å². The van der Waals surface area contributed by atoms with Crippen LogP contribution in [0.3, 0.4) is 0 Å². The molecule has 198 valence electrons. The van der Waals surface area contributed by atoms with Crippen molar-refractivity contribution in [3.8, 4) is 0 Å². The molecule has 1 unspecified atom stereocenters. The predicted molar refractivity (Wildman–Crippen MR) is 153 cm³/mol. The van der Waals surface area contributed by atoms with E-state index >= 15 is 0 Å². The van der Waals surface area contributed by atoms with Crippen molar-refractivity contribution in [2.45, 2.75) is 30.5 Å². The van der Waals surface area contributed by atoms with Gasteiger partial charge in [-0.2, -0.15) is 8.42 Å². The van der Waals surface area contributed by atoms with Crippen molar-refractivity contribution in [1.82, 2.24) is 0 Å². The maximum Gasteiger partial charge on any atom is 0.296 e. The minimum Gasteiger partial charge on any atom is -0.397 e. The van der Waals surface area contributed by atoms with Gasteiger partial charge in [0.05, 0.1) is 22.5 Å².